The van der Waals surface area contributed by atoms with Crippen LogP contribution in [0.15, 0.2) is 30.6 Å². The van der Waals surface area contributed by atoms with Crippen LogP contribution in [-0.4, -0.2) is 65.1 Å². The van der Waals surface area contributed by atoms with E-state index in [-0.39, 0.29) is 17.1 Å². The van der Waals surface area contributed by atoms with Crippen LogP contribution in [0.25, 0.3) is 10.9 Å². The molecule has 11 heteroatoms. The fourth-order valence-corrected chi connectivity index (χ4v) is 5.74. The van der Waals surface area contributed by atoms with E-state index in [1.807, 2.05) is 32.0 Å². The minimum Gasteiger partial charge on any atom is -0.369 e. The molecular weight excluding hydrogens is 511 g/mol. The second-order valence-electron chi connectivity index (χ2n) is 10.8. The molecule has 1 aromatic heterocycles. The molecule has 6 rings (SSSR count). The van der Waals surface area contributed by atoms with Gasteiger partial charge in [0.25, 0.3) is 5.91 Å². The van der Waals surface area contributed by atoms with Crippen molar-refractivity contribution in [3.8, 4) is 6.07 Å². The van der Waals surface area contributed by atoms with Gasteiger partial charge in [-0.3, -0.25) is 14.6 Å². The van der Waals surface area contributed by atoms with E-state index in [2.05, 4.69) is 36.5 Å². The number of anilines is 3. The number of piperazine rings is 1. The predicted octanol–water partition coefficient (Wildman–Crippen LogP) is 3.95. The maximum atomic E-state index is 15.6. The molecule has 1 saturated carbocycles. The zero-order chi connectivity index (χ0) is 28.0. The third-order valence-corrected chi connectivity index (χ3v) is 8.18. The lowest BCUT2D eigenvalue weighted by atomic mass is 10.0. The maximum Gasteiger partial charge on any atom is 0.327 e. The average Bonchev–Trinajstić information content (AvgIpc) is 3.70. The monoisotopic (exact) mass is 542 g/mol. The van der Waals surface area contributed by atoms with Crippen LogP contribution in [-0.2, 0) is 6.54 Å². The summed E-state index contributed by atoms with van der Waals surface area (Å²) in [5.41, 5.74) is 3.57. The van der Waals surface area contributed by atoms with Gasteiger partial charge in [0.15, 0.2) is 5.82 Å². The van der Waals surface area contributed by atoms with Gasteiger partial charge in [0.1, 0.15) is 12.1 Å². The first-order valence-electron chi connectivity index (χ1n) is 13.6. The Kier molecular flexibility index (Phi) is 6.50. The Labute approximate surface area is 231 Å². The van der Waals surface area contributed by atoms with Crippen molar-refractivity contribution in [3.05, 3.63) is 53.1 Å². The Morgan fingerprint density at radius 1 is 1.20 bits per heavy atom. The number of nitrogens with zero attached hydrogens (tertiary/aromatic N) is 6. The predicted molar refractivity (Wildman–Crippen MR) is 150 cm³/mol. The van der Waals surface area contributed by atoms with Crippen LogP contribution in [0.3, 0.4) is 0 Å². The summed E-state index contributed by atoms with van der Waals surface area (Å²) in [6.45, 7) is 7.65. The second kappa shape index (κ2) is 10.0. The molecule has 1 aliphatic carbocycles. The summed E-state index contributed by atoms with van der Waals surface area (Å²) in [5.74, 6) is -0.152. The molecule has 2 aromatic carbocycles. The molecule has 0 atom stereocenters. The number of hydrogen-bond donors (Lipinski definition) is 2. The highest BCUT2D eigenvalue weighted by Gasteiger charge is 2.44. The van der Waals surface area contributed by atoms with Crippen molar-refractivity contribution in [2.45, 2.75) is 45.2 Å². The number of carbonyl (C=O) groups is 2. The molecule has 3 aliphatic rings. The van der Waals surface area contributed by atoms with Crippen LogP contribution >= 0.6 is 0 Å². The Hall–Kier alpha value is -4.30. The molecule has 3 amide bonds. The van der Waals surface area contributed by atoms with Crippen LogP contribution in [0.5, 0.6) is 0 Å². The Balaban J connectivity index is 1.13. The number of aromatic nitrogens is 2. The molecule has 0 unspecified atom stereocenters. The van der Waals surface area contributed by atoms with Gasteiger partial charge >= 0.3 is 6.03 Å². The topological polar surface area (TPSA) is 117 Å². The lowest BCUT2D eigenvalue weighted by Crippen LogP contribution is -2.46. The lowest BCUT2D eigenvalue weighted by molar-refractivity contribution is 0.0932. The average molecular weight is 543 g/mol. The van der Waals surface area contributed by atoms with Gasteiger partial charge in [0.2, 0.25) is 0 Å². The van der Waals surface area contributed by atoms with Gasteiger partial charge in [-0.2, -0.15) is 5.26 Å². The Bertz CT molecular complexity index is 1560. The SMILES string of the molecule is CCN1C(=O)Nc2c(F)c(CN3CCN(c4ccc(C(=O)NC5(CC#N)CC5)cc4C)CC3)cc3ncnc1c23. The van der Waals surface area contributed by atoms with Crippen LogP contribution in [0.4, 0.5) is 26.4 Å². The van der Waals surface area contributed by atoms with Gasteiger partial charge in [0, 0.05) is 56.1 Å². The molecule has 206 valence electrons. The lowest BCUT2D eigenvalue weighted by Gasteiger charge is -2.37. The molecule has 0 bridgehead atoms. The summed E-state index contributed by atoms with van der Waals surface area (Å²) in [5, 5.41) is 15.3. The van der Waals surface area contributed by atoms with E-state index in [0.717, 1.165) is 50.3 Å². The number of benzene rings is 2. The number of aryl methyl sites for hydroxylation is 1. The highest BCUT2D eigenvalue weighted by molar-refractivity contribution is 6.17. The molecule has 2 fully saturated rings. The Morgan fingerprint density at radius 3 is 2.65 bits per heavy atom. The molecule has 2 N–H and O–H groups in total. The molecule has 10 nitrogen and oxygen atoms in total. The summed E-state index contributed by atoms with van der Waals surface area (Å²) >= 11 is 0. The van der Waals surface area contributed by atoms with Crippen molar-refractivity contribution in [1.82, 2.24) is 20.2 Å². The molecular formula is C29H31FN8O2. The second-order valence-corrected chi connectivity index (χ2v) is 10.8. The molecule has 1 saturated heterocycles. The first kappa shape index (κ1) is 26.0. The third kappa shape index (κ3) is 4.58. The van der Waals surface area contributed by atoms with Crippen LogP contribution < -0.4 is 20.4 Å². The zero-order valence-corrected chi connectivity index (χ0v) is 22.6. The molecule has 3 heterocycles. The molecule has 0 radical (unpaired) electrons. The quantitative estimate of drug-likeness (QED) is 0.464. The standard InChI is InChI=1S/C29H31FN8O2/c1-3-38-26-23-21(32-17-33-26)15-20(24(30)25(23)34-28(38)40)16-36-10-12-37(13-11-36)22-5-4-19(14-18(22)2)27(39)35-29(6-7-29)8-9-31/h4-5,14-15,17H,3,6-8,10-13,16H2,1-2H3,(H,34,40)(H,35,39). The Morgan fingerprint density at radius 2 is 1.98 bits per heavy atom. The number of halogens is 1. The minimum absolute atomic E-state index is 0.139. The van der Waals surface area contributed by atoms with Gasteiger partial charge in [-0.05, 0) is 56.5 Å². The fourth-order valence-electron chi connectivity index (χ4n) is 5.74. The van der Waals surface area contributed by atoms with Gasteiger partial charge in [0.05, 0.1) is 34.6 Å². The smallest absolute Gasteiger partial charge is 0.327 e. The van der Waals surface area contributed by atoms with E-state index in [4.69, 9.17) is 5.26 Å². The van der Waals surface area contributed by atoms with E-state index >= 15 is 4.39 Å². The van der Waals surface area contributed by atoms with Crippen LogP contribution in [0, 0.1) is 24.1 Å². The summed E-state index contributed by atoms with van der Waals surface area (Å²) in [7, 11) is 0. The number of urea groups is 1. The van der Waals surface area contributed by atoms with Gasteiger partial charge in [-0.1, -0.05) is 0 Å². The van der Waals surface area contributed by atoms with Gasteiger partial charge in [-0.15, -0.1) is 0 Å². The molecule has 0 spiro atoms. The summed E-state index contributed by atoms with van der Waals surface area (Å²) in [4.78, 5) is 39.9. The van der Waals surface area contributed by atoms with Crippen molar-refractivity contribution in [2.24, 2.45) is 0 Å². The molecule has 40 heavy (non-hydrogen) atoms. The van der Waals surface area contributed by atoms with Crippen molar-refractivity contribution in [3.63, 3.8) is 0 Å². The van der Waals surface area contributed by atoms with Crippen LogP contribution in [0.2, 0.25) is 0 Å². The van der Waals surface area contributed by atoms with E-state index in [1.54, 1.807) is 6.07 Å². The number of hydrogen-bond acceptors (Lipinski definition) is 7. The number of carbonyl (C=O) groups excluding carboxylic acids is 2. The molecule has 3 aromatic rings. The van der Waals surface area contributed by atoms with Gasteiger partial charge in [-0.25, -0.2) is 19.2 Å². The number of nitriles is 1. The third-order valence-electron chi connectivity index (χ3n) is 8.18. The first-order valence-corrected chi connectivity index (χ1v) is 13.6. The van der Waals surface area contributed by atoms with Crippen molar-refractivity contribution >= 4 is 40.0 Å². The van der Waals surface area contributed by atoms with Crippen molar-refractivity contribution in [2.75, 3.05) is 47.8 Å². The maximum absolute atomic E-state index is 15.6. The van der Waals surface area contributed by atoms with Crippen molar-refractivity contribution in [1.29, 1.82) is 5.26 Å². The van der Waals surface area contributed by atoms with E-state index in [0.29, 0.717) is 47.4 Å². The van der Waals surface area contributed by atoms with Crippen molar-refractivity contribution < 1.29 is 14.0 Å². The largest absolute Gasteiger partial charge is 0.369 e. The van der Waals surface area contributed by atoms with E-state index in [9.17, 15) is 9.59 Å². The minimum atomic E-state index is -0.442. The first-order chi connectivity index (χ1) is 19.3. The summed E-state index contributed by atoms with van der Waals surface area (Å²) < 4.78 is 15.6. The fraction of sp³-hybridized carbons (Fsp3) is 0.414. The zero-order valence-electron chi connectivity index (χ0n) is 22.6. The number of amides is 3. The normalized spacial score (nSPS) is 17.9. The number of rotatable bonds is 7. The highest BCUT2D eigenvalue weighted by Crippen LogP contribution is 2.39. The van der Waals surface area contributed by atoms with E-state index < -0.39 is 11.8 Å². The van der Waals surface area contributed by atoms with Crippen LogP contribution in [0.1, 0.15) is 47.7 Å². The summed E-state index contributed by atoms with van der Waals surface area (Å²) in [6, 6.07) is 9.25. The summed E-state index contributed by atoms with van der Waals surface area (Å²) in [6.07, 6.45) is 3.44. The molecule has 2 aliphatic heterocycles. The van der Waals surface area contributed by atoms with E-state index in [1.165, 1.54) is 11.2 Å². The van der Waals surface area contributed by atoms with Gasteiger partial charge < -0.3 is 15.5 Å². The highest BCUT2D eigenvalue weighted by atomic mass is 19.1. The number of nitrogens with one attached hydrogen (secondary N) is 2.